The highest BCUT2D eigenvalue weighted by Crippen LogP contribution is 2.18. The van der Waals surface area contributed by atoms with E-state index in [4.69, 9.17) is 10.5 Å². The van der Waals surface area contributed by atoms with E-state index >= 15 is 0 Å². The molecule has 0 aromatic heterocycles. The van der Waals surface area contributed by atoms with Crippen LogP contribution in [0.5, 0.6) is 5.75 Å². The number of benzene rings is 1. The Morgan fingerprint density at radius 1 is 1.43 bits per heavy atom. The van der Waals surface area contributed by atoms with Crippen LogP contribution in [0.1, 0.15) is 25.7 Å². The molecule has 0 bridgehead atoms. The molecule has 1 aliphatic rings. The van der Waals surface area contributed by atoms with Crippen LogP contribution >= 0.6 is 0 Å². The fraction of sp³-hybridized carbons (Fsp3) is 0.533. The normalized spacial score (nSPS) is 18.6. The SMILES string of the molecule is N[C@@H]1CCCN(C(=O)CCCOc2ccc(F)cc2F)C1. The minimum atomic E-state index is -0.733. The van der Waals surface area contributed by atoms with Crippen molar-refractivity contribution < 1.29 is 18.3 Å². The van der Waals surface area contributed by atoms with Gasteiger partial charge in [0, 0.05) is 31.6 Å². The molecule has 6 heteroatoms. The number of rotatable bonds is 5. The van der Waals surface area contributed by atoms with Crippen LogP contribution in [0.2, 0.25) is 0 Å². The molecule has 1 heterocycles. The highest BCUT2D eigenvalue weighted by Gasteiger charge is 2.20. The van der Waals surface area contributed by atoms with Gasteiger partial charge in [0.25, 0.3) is 0 Å². The van der Waals surface area contributed by atoms with E-state index in [1.807, 2.05) is 0 Å². The quantitative estimate of drug-likeness (QED) is 0.847. The average Bonchev–Trinajstić information content (AvgIpc) is 2.45. The predicted octanol–water partition coefficient (Wildman–Crippen LogP) is 2.07. The number of hydrogen-bond donors (Lipinski definition) is 1. The molecule has 0 aliphatic carbocycles. The van der Waals surface area contributed by atoms with E-state index < -0.39 is 11.6 Å². The van der Waals surface area contributed by atoms with Gasteiger partial charge in [-0.2, -0.15) is 0 Å². The minimum Gasteiger partial charge on any atom is -0.491 e. The van der Waals surface area contributed by atoms with E-state index in [9.17, 15) is 13.6 Å². The summed E-state index contributed by atoms with van der Waals surface area (Å²) in [6.45, 7) is 1.57. The molecule has 1 fully saturated rings. The largest absolute Gasteiger partial charge is 0.491 e. The highest BCUT2D eigenvalue weighted by atomic mass is 19.1. The highest BCUT2D eigenvalue weighted by molar-refractivity contribution is 5.76. The lowest BCUT2D eigenvalue weighted by Crippen LogP contribution is -2.45. The molecular weight excluding hydrogens is 278 g/mol. The molecule has 0 spiro atoms. The summed E-state index contributed by atoms with van der Waals surface area (Å²) >= 11 is 0. The third kappa shape index (κ3) is 4.67. The van der Waals surface area contributed by atoms with Crippen LogP contribution in [0.25, 0.3) is 0 Å². The first-order chi connectivity index (χ1) is 10.1. The summed E-state index contributed by atoms with van der Waals surface area (Å²) in [4.78, 5) is 13.7. The van der Waals surface area contributed by atoms with Crippen LogP contribution < -0.4 is 10.5 Å². The van der Waals surface area contributed by atoms with Crippen LogP contribution in [0.15, 0.2) is 18.2 Å². The summed E-state index contributed by atoms with van der Waals surface area (Å²) in [5.74, 6) is -1.32. The van der Waals surface area contributed by atoms with E-state index in [0.29, 0.717) is 19.4 Å². The number of amides is 1. The van der Waals surface area contributed by atoms with Gasteiger partial charge in [-0.05, 0) is 31.4 Å². The van der Waals surface area contributed by atoms with Crippen LogP contribution in [-0.2, 0) is 4.79 Å². The zero-order valence-corrected chi connectivity index (χ0v) is 11.9. The monoisotopic (exact) mass is 298 g/mol. The fourth-order valence-electron chi connectivity index (χ4n) is 2.39. The number of nitrogens with zero attached hydrogens (tertiary/aromatic N) is 1. The Morgan fingerprint density at radius 2 is 2.24 bits per heavy atom. The molecule has 1 amide bonds. The standard InChI is InChI=1S/C15H20F2N2O2/c16-11-5-6-14(13(17)9-11)21-8-2-4-15(20)19-7-1-3-12(18)10-19/h5-6,9,12H,1-4,7-8,10,18H2/t12-/m1/s1. The number of halogens is 2. The maximum absolute atomic E-state index is 13.3. The molecule has 21 heavy (non-hydrogen) atoms. The third-order valence-corrected chi connectivity index (χ3v) is 3.50. The second-order valence-electron chi connectivity index (χ2n) is 5.27. The van der Waals surface area contributed by atoms with Crippen molar-refractivity contribution in [3.8, 4) is 5.75 Å². The summed E-state index contributed by atoms with van der Waals surface area (Å²) in [6, 6.07) is 3.22. The Bertz CT molecular complexity index is 497. The van der Waals surface area contributed by atoms with Gasteiger partial charge >= 0.3 is 0 Å². The maximum atomic E-state index is 13.3. The number of hydrogen-bond acceptors (Lipinski definition) is 3. The molecule has 0 radical (unpaired) electrons. The number of carbonyl (C=O) groups excluding carboxylic acids is 1. The summed E-state index contributed by atoms with van der Waals surface area (Å²) in [7, 11) is 0. The van der Waals surface area contributed by atoms with Gasteiger partial charge in [0.05, 0.1) is 6.61 Å². The van der Waals surface area contributed by atoms with Gasteiger partial charge in [0.1, 0.15) is 5.82 Å². The van der Waals surface area contributed by atoms with Crippen molar-refractivity contribution in [1.82, 2.24) is 4.90 Å². The van der Waals surface area contributed by atoms with Crippen molar-refractivity contribution in [1.29, 1.82) is 0 Å². The molecule has 0 saturated carbocycles. The topological polar surface area (TPSA) is 55.6 Å². The van der Waals surface area contributed by atoms with E-state index in [1.54, 1.807) is 4.90 Å². The number of ether oxygens (including phenoxy) is 1. The predicted molar refractivity (Wildman–Crippen MR) is 74.9 cm³/mol. The molecule has 2 rings (SSSR count). The van der Waals surface area contributed by atoms with Crippen molar-refractivity contribution in [2.75, 3.05) is 19.7 Å². The second kappa shape index (κ2) is 7.36. The van der Waals surface area contributed by atoms with E-state index in [0.717, 1.165) is 31.5 Å². The molecule has 1 atom stereocenters. The van der Waals surface area contributed by atoms with Crippen molar-refractivity contribution >= 4 is 5.91 Å². The zero-order valence-electron chi connectivity index (χ0n) is 11.9. The van der Waals surface area contributed by atoms with Gasteiger partial charge in [-0.25, -0.2) is 8.78 Å². The zero-order chi connectivity index (χ0) is 15.2. The van der Waals surface area contributed by atoms with Gasteiger partial charge in [-0.1, -0.05) is 0 Å². The molecule has 2 N–H and O–H groups in total. The van der Waals surface area contributed by atoms with Gasteiger partial charge in [-0.3, -0.25) is 4.79 Å². The number of likely N-dealkylation sites (tertiary alicyclic amines) is 1. The summed E-state index contributed by atoms with van der Waals surface area (Å²) in [5.41, 5.74) is 5.83. The van der Waals surface area contributed by atoms with E-state index in [1.165, 1.54) is 6.07 Å². The summed E-state index contributed by atoms with van der Waals surface area (Å²) in [6.07, 6.45) is 2.72. The second-order valence-corrected chi connectivity index (χ2v) is 5.27. The smallest absolute Gasteiger partial charge is 0.222 e. The molecule has 4 nitrogen and oxygen atoms in total. The third-order valence-electron chi connectivity index (χ3n) is 3.50. The first kappa shape index (κ1) is 15.7. The van der Waals surface area contributed by atoms with Crippen LogP contribution in [0, 0.1) is 11.6 Å². The van der Waals surface area contributed by atoms with Gasteiger partial charge < -0.3 is 15.4 Å². The average molecular weight is 298 g/mol. The molecule has 1 aliphatic heterocycles. The summed E-state index contributed by atoms with van der Waals surface area (Å²) in [5, 5.41) is 0. The molecule has 116 valence electrons. The fourth-order valence-corrected chi connectivity index (χ4v) is 2.39. The van der Waals surface area contributed by atoms with Crippen molar-refractivity contribution in [2.45, 2.75) is 31.7 Å². The molecule has 1 saturated heterocycles. The minimum absolute atomic E-state index is 0.00356. The van der Waals surface area contributed by atoms with Gasteiger partial charge in [-0.15, -0.1) is 0 Å². The first-order valence-corrected chi connectivity index (χ1v) is 7.17. The lowest BCUT2D eigenvalue weighted by Gasteiger charge is -2.30. The van der Waals surface area contributed by atoms with Gasteiger partial charge in [0.2, 0.25) is 5.91 Å². The van der Waals surface area contributed by atoms with Gasteiger partial charge in [0.15, 0.2) is 11.6 Å². The van der Waals surface area contributed by atoms with Crippen molar-refractivity contribution in [3.05, 3.63) is 29.8 Å². The molecular formula is C15H20F2N2O2. The Labute approximate surface area is 122 Å². The number of carbonyl (C=O) groups is 1. The lowest BCUT2D eigenvalue weighted by atomic mass is 10.1. The van der Waals surface area contributed by atoms with Crippen LogP contribution in [-0.4, -0.2) is 36.5 Å². The Morgan fingerprint density at radius 3 is 2.95 bits per heavy atom. The Balaban J connectivity index is 1.70. The van der Waals surface area contributed by atoms with Crippen LogP contribution in [0.3, 0.4) is 0 Å². The number of nitrogens with two attached hydrogens (primary N) is 1. The maximum Gasteiger partial charge on any atom is 0.222 e. The van der Waals surface area contributed by atoms with E-state index in [2.05, 4.69) is 0 Å². The van der Waals surface area contributed by atoms with Crippen molar-refractivity contribution in [3.63, 3.8) is 0 Å². The Hall–Kier alpha value is -1.69. The molecule has 0 unspecified atom stereocenters. The molecule has 1 aromatic carbocycles. The van der Waals surface area contributed by atoms with Crippen LogP contribution in [0.4, 0.5) is 8.78 Å². The lowest BCUT2D eigenvalue weighted by molar-refractivity contribution is -0.132. The Kier molecular flexibility index (Phi) is 5.50. The molecule has 1 aromatic rings. The summed E-state index contributed by atoms with van der Waals surface area (Å²) < 4.78 is 31.3. The first-order valence-electron chi connectivity index (χ1n) is 7.17. The van der Waals surface area contributed by atoms with Crippen molar-refractivity contribution in [2.24, 2.45) is 5.73 Å². The van der Waals surface area contributed by atoms with E-state index in [-0.39, 0.29) is 24.3 Å². The number of piperidine rings is 1.